The number of amides is 2. The first kappa shape index (κ1) is 22.6. The molecule has 0 unspecified atom stereocenters. The monoisotopic (exact) mass is 448 g/mol. The molecular formula is C26H28N2O5. The first-order valence-corrected chi connectivity index (χ1v) is 11.3. The second kappa shape index (κ2) is 9.90. The number of carboxylic acid groups (broad SMARTS) is 1. The lowest BCUT2D eigenvalue weighted by Crippen LogP contribution is -2.46. The van der Waals surface area contributed by atoms with Crippen LogP contribution in [0.15, 0.2) is 60.7 Å². The van der Waals surface area contributed by atoms with Crippen LogP contribution in [0.25, 0.3) is 11.1 Å². The average molecular weight is 449 g/mol. The Hall–Kier alpha value is -3.61. The standard InChI is InChI=1S/C26H28N2O5/c1-2-23(25(30)31)28-24(29)16-8-7-9-17(14-16)27-26(32)33-15-22-20-12-5-3-10-18(20)19-11-4-6-13-21(19)22/h3-7,9-13,16-17,22-23H,2,8,14-15H2,1H3,(H,27,32)(H,28,29)(H,30,31)/t16-,17-,23-/m1/s1. The molecule has 0 aromatic heterocycles. The Morgan fingerprint density at radius 3 is 2.30 bits per heavy atom. The van der Waals surface area contributed by atoms with Crippen LogP contribution in [0.4, 0.5) is 4.79 Å². The summed E-state index contributed by atoms with van der Waals surface area (Å²) in [6, 6.07) is 15.0. The number of allylic oxidation sites excluding steroid dienone is 1. The first-order valence-electron chi connectivity index (χ1n) is 11.3. The van der Waals surface area contributed by atoms with Crippen molar-refractivity contribution in [3.63, 3.8) is 0 Å². The van der Waals surface area contributed by atoms with Crippen molar-refractivity contribution >= 4 is 18.0 Å². The maximum absolute atomic E-state index is 12.5. The highest BCUT2D eigenvalue weighted by atomic mass is 16.5. The zero-order valence-corrected chi connectivity index (χ0v) is 18.5. The molecule has 2 aliphatic carbocycles. The molecule has 172 valence electrons. The molecule has 2 aliphatic rings. The molecule has 7 nitrogen and oxygen atoms in total. The minimum absolute atomic E-state index is 0.0226. The van der Waals surface area contributed by atoms with E-state index in [0.717, 1.165) is 22.3 Å². The molecule has 0 bridgehead atoms. The molecule has 3 N–H and O–H groups in total. The molecule has 0 spiro atoms. The van der Waals surface area contributed by atoms with Crippen molar-refractivity contribution in [2.45, 2.75) is 44.2 Å². The van der Waals surface area contributed by atoms with Crippen molar-refractivity contribution in [3.8, 4) is 11.1 Å². The predicted molar refractivity (Wildman–Crippen MR) is 124 cm³/mol. The highest BCUT2D eigenvalue weighted by Gasteiger charge is 2.31. The number of carbonyl (C=O) groups is 3. The van der Waals surface area contributed by atoms with Crippen molar-refractivity contribution in [2.24, 2.45) is 5.92 Å². The summed E-state index contributed by atoms with van der Waals surface area (Å²) in [5, 5.41) is 14.6. The number of carboxylic acids is 1. The molecule has 0 saturated heterocycles. The van der Waals surface area contributed by atoms with Gasteiger partial charge in [0.1, 0.15) is 12.6 Å². The van der Waals surface area contributed by atoms with Gasteiger partial charge in [0.05, 0.1) is 6.04 Å². The van der Waals surface area contributed by atoms with E-state index in [4.69, 9.17) is 9.84 Å². The zero-order chi connectivity index (χ0) is 23.4. The maximum Gasteiger partial charge on any atom is 0.407 e. The second-order valence-corrected chi connectivity index (χ2v) is 8.48. The molecule has 0 fully saturated rings. The molecule has 3 atom stereocenters. The van der Waals surface area contributed by atoms with Crippen molar-refractivity contribution in [3.05, 3.63) is 71.8 Å². The van der Waals surface area contributed by atoms with Gasteiger partial charge in [0.2, 0.25) is 5.91 Å². The van der Waals surface area contributed by atoms with E-state index in [2.05, 4.69) is 34.9 Å². The number of alkyl carbamates (subject to hydrolysis) is 1. The lowest BCUT2D eigenvalue weighted by Gasteiger charge is -2.26. The highest BCUT2D eigenvalue weighted by Crippen LogP contribution is 2.44. The molecule has 7 heteroatoms. The summed E-state index contributed by atoms with van der Waals surface area (Å²) < 4.78 is 5.59. The van der Waals surface area contributed by atoms with E-state index in [9.17, 15) is 14.4 Å². The van der Waals surface area contributed by atoms with Gasteiger partial charge >= 0.3 is 12.1 Å². The summed E-state index contributed by atoms with van der Waals surface area (Å²) in [6.07, 6.45) is 4.35. The van der Waals surface area contributed by atoms with Crippen LogP contribution in [0, 0.1) is 5.92 Å². The Morgan fingerprint density at radius 1 is 1.06 bits per heavy atom. The molecule has 0 radical (unpaired) electrons. The van der Waals surface area contributed by atoms with Gasteiger partial charge in [-0.2, -0.15) is 0 Å². The number of rotatable bonds is 7. The van der Waals surface area contributed by atoms with Gasteiger partial charge in [-0.3, -0.25) is 4.79 Å². The van der Waals surface area contributed by atoms with Crippen molar-refractivity contribution in [1.29, 1.82) is 0 Å². The van der Waals surface area contributed by atoms with Crippen LogP contribution in [0.1, 0.15) is 43.2 Å². The number of nitrogens with one attached hydrogen (secondary N) is 2. The minimum Gasteiger partial charge on any atom is -0.480 e. The van der Waals surface area contributed by atoms with E-state index >= 15 is 0 Å². The summed E-state index contributed by atoms with van der Waals surface area (Å²) in [4.78, 5) is 36.2. The molecular weight excluding hydrogens is 420 g/mol. The number of ether oxygens (including phenoxy) is 1. The summed E-state index contributed by atoms with van der Waals surface area (Å²) in [5.74, 6) is -1.79. The normalized spacial score (nSPS) is 19.8. The molecule has 2 aromatic rings. The maximum atomic E-state index is 12.5. The lowest BCUT2D eigenvalue weighted by atomic mass is 9.90. The van der Waals surface area contributed by atoms with Crippen LogP contribution in [-0.2, 0) is 14.3 Å². The smallest absolute Gasteiger partial charge is 0.407 e. The van der Waals surface area contributed by atoms with Crippen LogP contribution in [0.5, 0.6) is 0 Å². The van der Waals surface area contributed by atoms with Crippen LogP contribution >= 0.6 is 0 Å². The third-order valence-corrected chi connectivity index (χ3v) is 6.37. The number of hydrogen-bond donors (Lipinski definition) is 3. The number of benzene rings is 2. The Kier molecular flexibility index (Phi) is 6.77. The molecule has 4 rings (SSSR count). The molecule has 0 aliphatic heterocycles. The fourth-order valence-corrected chi connectivity index (χ4v) is 4.63. The van der Waals surface area contributed by atoms with Gasteiger partial charge in [-0.25, -0.2) is 9.59 Å². The third-order valence-electron chi connectivity index (χ3n) is 6.37. The predicted octanol–water partition coefficient (Wildman–Crippen LogP) is 3.84. The Labute approximate surface area is 192 Å². The highest BCUT2D eigenvalue weighted by molar-refractivity contribution is 5.85. The molecule has 0 heterocycles. The van der Waals surface area contributed by atoms with Gasteiger partial charge in [0, 0.05) is 11.8 Å². The van der Waals surface area contributed by atoms with Crippen molar-refractivity contribution in [2.75, 3.05) is 6.61 Å². The van der Waals surface area contributed by atoms with Crippen molar-refractivity contribution < 1.29 is 24.2 Å². The topological polar surface area (TPSA) is 105 Å². The van der Waals surface area contributed by atoms with E-state index in [1.807, 2.05) is 36.4 Å². The molecule has 0 saturated carbocycles. The fraction of sp³-hybridized carbons (Fsp3) is 0.346. The number of aliphatic carboxylic acids is 1. The van der Waals surface area contributed by atoms with E-state index < -0.39 is 24.0 Å². The van der Waals surface area contributed by atoms with Crippen LogP contribution in [0.2, 0.25) is 0 Å². The molecule has 33 heavy (non-hydrogen) atoms. The Balaban J connectivity index is 1.33. The number of hydrogen-bond acceptors (Lipinski definition) is 4. The third kappa shape index (κ3) is 4.92. The van der Waals surface area contributed by atoms with Gasteiger partial charge in [-0.15, -0.1) is 0 Å². The average Bonchev–Trinajstić information content (AvgIpc) is 3.14. The molecule has 2 amide bonds. The number of carbonyl (C=O) groups excluding carboxylic acids is 2. The second-order valence-electron chi connectivity index (χ2n) is 8.48. The van der Waals surface area contributed by atoms with E-state index in [-0.39, 0.29) is 24.5 Å². The van der Waals surface area contributed by atoms with Gasteiger partial charge < -0.3 is 20.5 Å². The van der Waals surface area contributed by atoms with Crippen LogP contribution in [-0.4, -0.2) is 41.8 Å². The zero-order valence-electron chi connectivity index (χ0n) is 18.5. The van der Waals surface area contributed by atoms with Gasteiger partial charge in [0.15, 0.2) is 0 Å². The minimum atomic E-state index is -1.05. The van der Waals surface area contributed by atoms with Crippen molar-refractivity contribution in [1.82, 2.24) is 10.6 Å². The van der Waals surface area contributed by atoms with Gasteiger partial charge in [0.25, 0.3) is 0 Å². The summed E-state index contributed by atoms with van der Waals surface area (Å²) >= 11 is 0. The summed E-state index contributed by atoms with van der Waals surface area (Å²) in [6.45, 7) is 1.93. The van der Waals surface area contributed by atoms with Gasteiger partial charge in [-0.05, 0) is 41.5 Å². The SMILES string of the molecule is CC[C@@H](NC(=O)[C@@H]1CC=C[C@@H](NC(=O)OCC2c3ccccc3-c3ccccc32)C1)C(=O)O. The quantitative estimate of drug-likeness (QED) is 0.558. The van der Waals surface area contributed by atoms with Gasteiger partial charge in [-0.1, -0.05) is 67.6 Å². The Bertz CT molecular complexity index is 1030. The Morgan fingerprint density at radius 2 is 1.70 bits per heavy atom. The largest absolute Gasteiger partial charge is 0.480 e. The fourth-order valence-electron chi connectivity index (χ4n) is 4.63. The lowest BCUT2D eigenvalue weighted by molar-refractivity contribution is -0.142. The molecule has 2 aromatic carbocycles. The first-order chi connectivity index (χ1) is 16.0. The number of fused-ring (bicyclic) bond motifs is 3. The summed E-state index contributed by atoms with van der Waals surface area (Å²) in [5.41, 5.74) is 4.62. The van der Waals surface area contributed by atoms with E-state index in [0.29, 0.717) is 19.3 Å². The van der Waals surface area contributed by atoms with E-state index in [1.54, 1.807) is 6.92 Å². The summed E-state index contributed by atoms with van der Waals surface area (Å²) in [7, 11) is 0. The van der Waals surface area contributed by atoms with Crippen LogP contribution in [0.3, 0.4) is 0 Å². The van der Waals surface area contributed by atoms with E-state index in [1.165, 1.54) is 0 Å². The van der Waals surface area contributed by atoms with Crippen LogP contribution < -0.4 is 10.6 Å².